The number of para-hydroxylation sites is 1. The van der Waals surface area contributed by atoms with Gasteiger partial charge < -0.3 is 14.8 Å². The van der Waals surface area contributed by atoms with Crippen molar-refractivity contribution in [2.45, 2.75) is 26.4 Å². The number of esters is 1. The summed E-state index contributed by atoms with van der Waals surface area (Å²) in [5.41, 5.74) is 5.10. The van der Waals surface area contributed by atoms with E-state index in [1.165, 1.54) is 12.1 Å². The number of Topliss-reactive ketones (excluding diaryl/α,β-unsaturated/α-hetero) is 1. The van der Waals surface area contributed by atoms with Crippen molar-refractivity contribution < 1.29 is 23.5 Å². The van der Waals surface area contributed by atoms with E-state index in [1.54, 1.807) is 25.1 Å². The van der Waals surface area contributed by atoms with Gasteiger partial charge in [-0.25, -0.2) is 9.18 Å². The van der Waals surface area contributed by atoms with Crippen LogP contribution < -0.4 is 10.1 Å². The Kier molecular flexibility index (Phi) is 5.95. The Morgan fingerprint density at radius 1 is 0.971 bits per heavy atom. The number of rotatable bonds is 6. The van der Waals surface area contributed by atoms with Crippen molar-refractivity contribution in [1.29, 1.82) is 0 Å². The number of hydrogen-bond acceptors (Lipinski definition) is 5. The second kappa shape index (κ2) is 9.22. The van der Waals surface area contributed by atoms with Crippen LogP contribution >= 0.6 is 0 Å². The molecule has 3 aromatic carbocycles. The fourth-order valence-electron chi connectivity index (χ4n) is 4.71. The quantitative estimate of drug-likeness (QED) is 0.481. The minimum absolute atomic E-state index is 0.129. The zero-order valence-corrected chi connectivity index (χ0v) is 19.4. The van der Waals surface area contributed by atoms with Gasteiger partial charge in [0.1, 0.15) is 18.2 Å². The summed E-state index contributed by atoms with van der Waals surface area (Å²) in [6, 6.07) is 20.9. The van der Waals surface area contributed by atoms with E-state index in [2.05, 4.69) is 5.32 Å². The van der Waals surface area contributed by atoms with E-state index in [9.17, 15) is 14.0 Å². The monoisotopic (exact) mass is 469 g/mol. The highest BCUT2D eigenvalue weighted by Gasteiger charge is 2.43. The molecule has 1 aliphatic carbocycles. The van der Waals surface area contributed by atoms with Crippen LogP contribution in [0.2, 0.25) is 0 Å². The maximum Gasteiger partial charge on any atom is 0.336 e. The second-order valence-electron chi connectivity index (χ2n) is 8.43. The highest BCUT2D eigenvalue weighted by Crippen LogP contribution is 2.48. The van der Waals surface area contributed by atoms with Crippen molar-refractivity contribution in [1.82, 2.24) is 5.32 Å². The first-order chi connectivity index (χ1) is 17.0. The Bertz CT molecular complexity index is 1390. The van der Waals surface area contributed by atoms with Gasteiger partial charge >= 0.3 is 5.97 Å². The fraction of sp³-hybridized carbons (Fsp3) is 0.172. The molecule has 0 amide bonds. The van der Waals surface area contributed by atoms with Gasteiger partial charge in [-0.1, -0.05) is 54.6 Å². The topological polar surface area (TPSA) is 64.6 Å². The van der Waals surface area contributed by atoms with E-state index in [4.69, 9.17) is 9.47 Å². The first-order valence-electron chi connectivity index (χ1n) is 11.5. The molecule has 6 heteroatoms. The van der Waals surface area contributed by atoms with E-state index in [-0.39, 0.29) is 24.8 Å². The zero-order valence-electron chi connectivity index (χ0n) is 19.4. The van der Waals surface area contributed by atoms with Gasteiger partial charge in [0.05, 0.1) is 23.8 Å². The minimum Gasteiger partial charge on any atom is -0.489 e. The molecule has 1 N–H and O–H groups in total. The Hall–Kier alpha value is -4.19. The van der Waals surface area contributed by atoms with E-state index < -0.39 is 11.9 Å². The minimum atomic E-state index is -0.672. The van der Waals surface area contributed by atoms with Crippen molar-refractivity contribution in [2.75, 3.05) is 6.61 Å². The van der Waals surface area contributed by atoms with Gasteiger partial charge in [0.25, 0.3) is 0 Å². The summed E-state index contributed by atoms with van der Waals surface area (Å²) in [7, 11) is 0. The molecule has 1 aliphatic heterocycles. The van der Waals surface area contributed by atoms with Crippen LogP contribution in [0, 0.1) is 5.82 Å². The van der Waals surface area contributed by atoms with Crippen LogP contribution in [0.1, 0.15) is 46.8 Å². The van der Waals surface area contributed by atoms with Gasteiger partial charge in [-0.2, -0.15) is 0 Å². The molecular weight excluding hydrogens is 445 g/mol. The highest BCUT2D eigenvalue weighted by molar-refractivity contribution is 6.23. The molecule has 0 unspecified atom stereocenters. The number of carbonyl (C=O) groups excluding carboxylic acids is 2. The van der Waals surface area contributed by atoms with Crippen molar-refractivity contribution >= 4 is 17.4 Å². The molecule has 0 aromatic heterocycles. The lowest BCUT2D eigenvalue weighted by Crippen LogP contribution is -2.29. The Morgan fingerprint density at radius 3 is 2.40 bits per heavy atom. The Morgan fingerprint density at radius 2 is 1.66 bits per heavy atom. The van der Waals surface area contributed by atoms with Crippen LogP contribution in [-0.2, 0) is 16.1 Å². The average Bonchev–Trinajstić information content (AvgIpc) is 3.15. The molecule has 0 radical (unpaired) electrons. The van der Waals surface area contributed by atoms with E-state index in [0.717, 1.165) is 11.1 Å². The molecule has 2 aliphatic rings. The van der Waals surface area contributed by atoms with E-state index in [0.29, 0.717) is 39.4 Å². The Labute approximate surface area is 202 Å². The first-order valence-corrected chi connectivity index (χ1v) is 11.5. The SMILES string of the molecule is CCOC(=O)C1=C(C)NC2=C(C(=O)c3ccccc32)[C@H]1c1ccccc1OCc1ccc(F)cc1. The standard InChI is InChI=1S/C29H24FNO4/c1-3-34-29(33)24-17(2)31-27-20-8-4-5-9-21(20)28(32)26(27)25(24)22-10-6-7-11-23(22)35-16-18-12-14-19(30)15-13-18/h4-15,25,31H,3,16H2,1-2H3/t25-/m0/s1. The largest absolute Gasteiger partial charge is 0.489 e. The van der Waals surface area contributed by atoms with Gasteiger partial charge in [0, 0.05) is 28.0 Å². The second-order valence-corrected chi connectivity index (χ2v) is 8.43. The molecule has 0 bridgehead atoms. The zero-order chi connectivity index (χ0) is 24.5. The third kappa shape index (κ3) is 4.01. The first kappa shape index (κ1) is 22.6. The lowest BCUT2D eigenvalue weighted by Gasteiger charge is -2.30. The summed E-state index contributed by atoms with van der Waals surface area (Å²) in [6.07, 6.45) is 0. The van der Waals surface area contributed by atoms with Gasteiger partial charge in [-0.15, -0.1) is 0 Å². The van der Waals surface area contributed by atoms with Crippen molar-refractivity contribution in [3.8, 4) is 5.75 Å². The summed E-state index contributed by atoms with van der Waals surface area (Å²) < 4.78 is 24.9. The van der Waals surface area contributed by atoms with Crippen LogP contribution in [0.5, 0.6) is 5.75 Å². The summed E-state index contributed by atoms with van der Waals surface area (Å²) in [5.74, 6) is -1.06. The maximum atomic E-state index is 13.6. The highest BCUT2D eigenvalue weighted by atomic mass is 19.1. The number of benzene rings is 3. The van der Waals surface area contributed by atoms with Crippen molar-refractivity contribution in [3.63, 3.8) is 0 Å². The molecule has 5 nitrogen and oxygen atoms in total. The number of fused-ring (bicyclic) bond motifs is 2. The summed E-state index contributed by atoms with van der Waals surface area (Å²) >= 11 is 0. The van der Waals surface area contributed by atoms with Crippen LogP contribution in [0.15, 0.2) is 89.6 Å². The lowest BCUT2D eigenvalue weighted by molar-refractivity contribution is -0.138. The van der Waals surface area contributed by atoms with Crippen LogP contribution in [0.25, 0.3) is 5.70 Å². The number of ether oxygens (including phenoxy) is 2. The maximum absolute atomic E-state index is 13.6. The molecule has 0 saturated heterocycles. The lowest BCUT2D eigenvalue weighted by atomic mass is 9.79. The normalized spacial score (nSPS) is 16.5. The summed E-state index contributed by atoms with van der Waals surface area (Å²) in [6.45, 7) is 3.99. The van der Waals surface area contributed by atoms with Crippen LogP contribution in [0.4, 0.5) is 4.39 Å². The molecule has 0 fully saturated rings. The molecule has 35 heavy (non-hydrogen) atoms. The smallest absolute Gasteiger partial charge is 0.336 e. The molecule has 0 saturated carbocycles. The molecular formula is C29H24FNO4. The van der Waals surface area contributed by atoms with Crippen LogP contribution in [0.3, 0.4) is 0 Å². The summed E-state index contributed by atoms with van der Waals surface area (Å²) in [5, 5.41) is 3.30. The average molecular weight is 470 g/mol. The molecule has 5 rings (SSSR count). The number of dihydropyridines is 1. The van der Waals surface area contributed by atoms with Crippen LogP contribution in [-0.4, -0.2) is 18.4 Å². The third-order valence-corrected chi connectivity index (χ3v) is 6.28. The van der Waals surface area contributed by atoms with Gasteiger partial charge in [0.2, 0.25) is 0 Å². The fourth-order valence-corrected chi connectivity index (χ4v) is 4.71. The number of allylic oxidation sites excluding steroid dienone is 2. The predicted molar refractivity (Wildman–Crippen MR) is 130 cm³/mol. The number of hydrogen-bond donors (Lipinski definition) is 1. The van der Waals surface area contributed by atoms with Gasteiger partial charge in [0.15, 0.2) is 5.78 Å². The molecule has 176 valence electrons. The van der Waals surface area contributed by atoms with Gasteiger partial charge in [-0.05, 0) is 37.6 Å². The molecule has 0 spiro atoms. The molecule has 1 atom stereocenters. The molecule has 1 heterocycles. The van der Waals surface area contributed by atoms with E-state index >= 15 is 0 Å². The van der Waals surface area contributed by atoms with Crippen molar-refractivity contribution in [3.05, 3.63) is 118 Å². The molecule has 3 aromatic rings. The summed E-state index contributed by atoms with van der Waals surface area (Å²) in [4.78, 5) is 26.8. The van der Waals surface area contributed by atoms with Gasteiger partial charge in [-0.3, -0.25) is 4.79 Å². The number of ketones is 1. The van der Waals surface area contributed by atoms with E-state index in [1.807, 2.05) is 49.4 Å². The number of halogens is 1. The number of carbonyl (C=O) groups is 2. The Balaban J connectivity index is 1.61. The number of nitrogens with one attached hydrogen (secondary N) is 1. The van der Waals surface area contributed by atoms with Crippen molar-refractivity contribution in [2.24, 2.45) is 0 Å². The third-order valence-electron chi connectivity index (χ3n) is 6.28. The predicted octanol–water partition coefficient (Wildman–Crippen LogP) is 5.54.